The molecule has 2 aromatic heterocycles. The number of benzene rings is 2. The lowest BCUT2D eigenvalue weighted by atomic mass is 10.1. The first-order valence-electron chi connectivity index (χ1n) is 8.04. The highest BCUT2D eigenvalue weighted by Crippen LogP contribution is 2.34. The van der Waals surface area contributed by atoms with E-state index in [1.807, 2.05) is 30.3 Å². The van der Waals surface area contributed by atoms with E-state index in [2.05, 4.69) is 15.4 Å². The number of ether oxygens (including phenoxy) is 1. The molecule has 4 rings (SSSR count). The molecule has 0 saturated heterocycles. The van der Waals surface area contributed by atoms with Gasteiger partial charge in [-0.15, -0.1) is 10.2 Å². The molecule has 0 radical (unpaired) electrons. The third-order valence-electron chi connectivity index (χ3n) is 3.86. The Labute approximate surface area is 164 Å². The summed E-state index contributed by atoms with van der Waals surface area (Å²) in [4.78, 5) is 0. The maximum atomic E-state index is 6.11. The van der Waals surface area contributed by atoms with Crippen molar-refractivity contribution in [1.82, 2.24) is 15.4 Å². The predicted octanol–water partition coefficient (Wildman–Crippen LogP) is 5.59. The van der Waals surface area contributed by atoms with Crippen LogP contribution in [0.3, 0.4) is 0 Å². The first-order valence-corrected chi connectivity index (χ1v) is 8.80. The van der Waals surface area contributed by atoms with Crippen molar-refractivity contribution >= 4 is 23.2 Å². The second-order valence-electron chi connectivity index (χ2n) is 5.67. The van der Waals surface area contributed by atoms with E-state index in [0.717, 1.165) is 5.56 Å². The van der Waals surface area contributed by atoms with Gasteiger partial charge in [0.2, 0.25) is 0 Å². The number of aromatic nitrogens is 3. The Kier molecular flexibility index (Phi) is 4.83. The van der Waals surface area contributed by atoms with Gasteiger partial charge in [-0.1, -0.05) is 64.8 Å². The highest BCUT2D eigenvalue weighted by molar-refractivity contribution is 6.42. The van der Waals surface area contributed by atoms with Gasteiger partial charge in [-0.2, -0.15) is 0 Å². The molecule has 0 atom stereocenters. The van der Waals surface area contributed by atoms with Crippen molar-refractivity contribution in [2.75, 3.05) is 0 Å². The van der Waals surface area contributed by atoms with Crippen LogP contribution in [0.5, 0.6) is 5.75 Å². The van der Waals surface area contributed by atoms with Crippen LogP contribution >= 0.6 is 23.2 Å². The SMILES string of the molecule is Cc1onc(-c2ccccc2)c1-c1nnc(COc2cccc(Cl)c2Cl)o1. The maximum absolute atomic E-state index is 6.11. The summed E-state index contributed by atoms with van der Waals surface area (Å²) < 4.78 is 16.7. The van der Waals surface area contributed by atoms with Crippen molar-refractivity contribution < 1.29 is 13.7 Å². The van der Waals surface area contributed by atoms with Gasteiger partial charge in [-0.25, -0.2) is 0 Å². The summed E-state index contributed by atoms with van der Waals surface area (Å²) in [5, 5.41) is 13.0. The number of nitrogens with zero attached hydrogens (tertiary/aromatic N) is 3. The molecule has 0 aliphatic carbocycles. The van der Waals surface area contributed by atoms with Gasteiger partial charge in [-0.05, 0) is 19.1 Å². The zero-order valence-corrected chi connectivity index (χ0v) is 15.7. The van der Waals surface area contributed by atoms with Crippen LogP contribution in [0.1, 0.15) is 11.7 Å². The van der Waals surface area contributed by atoms with E-state index < -0.39 is 0 Å². The van der Waals surface area contributed by atoms with Crippen LogP contribution in [-0.4, -0.2) is 15.4 Å². The monoisotopic (exact) mass is 401 g/mol. The Morgan fingerprint density at radius 2 is 1.81 bits per heavy atom. The summed E-state index contributed by atoms with van der Waals surface area (Å²) in [6, 6.07) is 14.8. The number of aryl methyl sites for hydroxylation is 1. The summed E-state index contributed by atoms with van der Waals surface area (Å²) in [6.45, 7) is 1.85. The molecule has 6 nitrogen and oxygen atoms in total. The van der Waals surface area contributed by atoms with Crippen molar-refractivity contribution in [3.05, 3.63) is 70.2 Å². The minimum Gasteiger partial charge on any atom is -0.482 e. The van der Waals surface area contributed by atoms with Gasteiger partial charge in [0.15, 0.2) is 6.61 Å². The van der Waals surface area contributed by atoms with Crippen molar-refractivity contribution in [3.8, 4) is 28.5 Å². The molecule has 8 heteroatoms. The lowest BCUT2D eigenvalue weighted by Gasteiger charge is -2.06. The Hall–Kier alpha value is -2.83. The third kappa shape index (κ3) is 3.54. The van der Waals surface area contributed by atoms with Crippen LogP contribution in [0, 0.1) is 6.92 Å². The van der Waals surface area contributed by atoms with E-state index in [1.165, 1.54) is 0 Å². The lowest BCUT2D eigenvalue weighted by Crippen LogP contribution is -1.96. The zero-order chi connectivity index (χ0) is 18.8. The molecule has 0 saturated carbocycles. The number of hydrogen-bond acceptors (Lipinski definition) is 6. The summed E-state index contributed by atoms with van der Waals surface area (Å²) in [5.41, 5.74) is 2.19. The van der Waals surface area contributed by atoms with Crippen LogP contribution in [0.25, 0.3) is 22.7 Å². The summed E-state index contributed by atoms with van der Waals surface area (Å²) >= 11 is 12.1. The predicted molar refractivity (Wildman–Crippen MR) is 101 cm³/mol. The number of rotatable bonds is 5. The molecule has 0 fully saturated rings. The van der Waals surface area contributed by atoms with Crippen LogP contribution in [0.15, 0.2) is 57.5 Å². The fraction of sp³-hybridized carbons (Fsp3) is 0.105. The molecular formula is C19H13Cl2N3O3. The number of hydrogen-bond donors (Lipinski definition) is 0. The van der Waals surface area contributed by atoms with Gasteiger partial charge in [0.1, 0.15) is 27.8 Å². The van der Waals surface area contributed by atoms with Crippen molar-refractivity contribution in [1.29, 1.82) is 0 Å². The molecule has 0 amide bonds. The van der Waals surface area contributed by atoms with Gasteiger partial charge in [0.05, 0.1) is 5.02 Å². The van der Waals surface area contributed by atoms with Crippen LogP contribution < -0.4 is 4.74 Å². The highest BCUT2D eigenvalue weighted by atomic mass is 35.5. The normalized spacial score (nSPS) is 10.9. The van der Waals surface area contributed by atoms with E-state index >= 15 is 0 Å². The molecule has 0 bridgehead atoms. The first kappa shape index (κ1) is 17.6. The van der Waals surface area contributed by atoms with E-state index in [4.69, 9.17) is 36.9 Å². The fourth-order valence-electron chi connectivity index (χ4n) is 2.57. The van der Waals surface area contributed by atoms with Crippen LogP contribution in [-0.2, 0) is 6.61 Å². The van der Waals surface area contributed by atoms with Gasteiger partial charge in [0.25, 0.3) is 11.8 Å². The van der Waals surface area contributed by atoms with E-state index in [0.29, 0.717) is 44.6 Å². The highest BCUT2D eigenvalue weighted by Gasteiger charge is 2.22. The topological polar surface area (TPSA) is 74.2 Å². The lowest BCUT2D eigenvalue weighted by molar-refractivity contribution is 0.264. The molecule has 0 unspecified atom stereocenters. The summed E-state index contributed by atoms with van der Waals surface area (Å²) in [7, 11) is 0. The smallest absolute Gasteiger partial charge is 0.254 e. The van der Waals surface area contributed by atoms with E-state index in [1.54, 1.807) is 25.1 Å². The second-order valence-corrected chi connectivity index (χ2v) is 6.46. The molecule has 27 heavy (non-hydrogen) atoms. The maximum Gasteiger partial charge on any atom is 0.254 e. The molecule has 0 spiro atoms. The minimum absolute atomic E-state index is 0.0536. The van der Waals surface area contributed by atoms with Crippen LogP contribution in [0.2, 0.25) is 10.0 Å². The average molecular weight is 402 g/mol. The third-order valence-corrected chi connectivity index (χ3v) is 4.66. The quantitative estimate of drug-likeness (QED) is 0.434. The molecule has 0 aliphatic rings. The standard InChI is InChI=1S/C19H13Cl2N3O3/c1-11-16(18(24-27-11)12-6-3-2-4-7-12)19-23-22-15(26-19)10-25-14-9-5-8-13(20)17(14)21/h2-9H,10H2,1H3. The van der Waals surface area contributed by atoms with Gasteiger partial charge >= 0.3 is 0 Å². The molecule has 136 valence electrons. The van der Waals surface area contributed by atoms with Gasteiger partial charge in [-0.3, -0.25) is 0 Å². The van der Waals surface area contributed by atoms with Crippen molar-refractivity contribution in [2.45, 2.75) is 13.5 Å². The Morgan fingerprint density at radius 1 is 1.00 bits per heavy atom. The second kappa shape index (κ2) is 7.42. The summed E-state index contributed by atoms with van der Waals surface area (Å²) in [6.07, 6.45) is 0. The van der Waals surface area contributed by atoms with Crippen molar-refractivity contribution in [3.63, 3.8) is 0 Å². The molecule has 0 aliphatic heterocycles. The van der Waals surface area contributed by atoms with E-state index in [9.17, 15) is 0 Å². The minimum atomic E-state index is 0.0536. The van der Waals surface area contributed by atoms with Gasteiger partial charge in [0, 0.05) is 5.56 Å². The molecule has 2 heterocycles. The molecule has 2 aromatic carbocycles. The Bertz CT molecular complexity index is 1080. The Morgan fingerprint density at radius 3 is 2.63 bits per heavy atom. The molecule has 4 aromatic rings. The van der Waals surface area contributed by atoms with Crippen LogP contribution in [0.4, 0.5) is 0 Å². The van der Waals surface area contributed by atoms with Crippen molar-refractivity contribution in [2.24, 2.45) is 0 Å². The first-order chi connectivity index (χ1) is 13.1. The average Bonchev–Trinajstić information content (AvgIpc) is 3.30. The summed E-state index contributed by atoms with van der Waals surface area (Å²) in [5.74, 6) is 1.63. The Balaban J connectivity index is 1.59. The largest absolute Gasteiger partial charge is 0.482 e. The fourth-order valence-corrected chi connectivity index (χ4v) is 2.91. The van der Waals surface area contributed by atoms with Gasteiger partial charge < -0.3 is 13.7 Å². The molecular weight excluding hydrogens is 389 g/mol. The zero-order valence-electron chi connectivity index (χ0n) is 14.1. The van der Waals surface area contributed by atoms with E-state index in [-0.39, 0.29) is 6.61 Å². The molecule has 0 N–H and O–H groups in total. The number of halogens is 2.